The Kier molecular flexibility index (Phi) is 6.84. The van der Waals surface area contributed by atoms with E-state index >= 15 is 0 Å². The molecule has 0 saturated carbocycles. The van der Waals surface area contributed by atoms with Gasteiger partial charge in [-0.05, 0) is 18.1 Å². The zero-order valence-corrected chi connectivity index (χ0v) is 10.1. The van der Waals surface area contributed by atoms with Crippen molar-refractivity contribution in [2.45, 2.75) is 33.6 Å². The van der Waals surface area contributed by atoms with Gasteiger partial charge in [0.1, 0.15) is 5.78 Å². The van der Waals surface area contributed by atoms with E-state index in [0.717, 1.165) is 11.1 Å². The molecule has 0 aliphatic carbocycles. The molecule has 0 fully saturated rings. The number of amides is 1. The van der Waals surface area contributed by atoms with E-state index in [1.807, 2.05) is 38.1 Å². The van der Waals surface area contributed by atoms with E-state index < -0.39 is 0 Å². The second-order valence-corrected chi connectivity index (χ2v) is 3.34. The van der Waals surface area contributed by atoms with E-state index in [1.54, 1.807) is 6.92 Å². The maximum Gasteiger partial charge on any atom is 0.221 e. The molecule has 88 valence electrons. The maximum atomic E-state index is 10.8. The molecule has 1 amide bonds. The second kappa shape index (κ2) is 7.63. The molecule has 16 heavy (non-hydrogen) atoms. The molecule has 0 heterocycles. The Balaban J connectivity index is 0.00000106. The Labute approximate surface area is 96.7 Å². The fourth-order valence-corrected chi connectivity index (χ4v) is 1.26. The molecule has 0 unspecified atom stereocenters. The topological polar surface area (TPSA) is 60.2 Å². The Hall–Kier alpha value is -1.64. The Morgan fingerprint density at radius 1 is 1.00 bits per heavy atom. The van der Waals surface area contributed by atoms with Crippen molar-refractivity contribution in [3.63, 3.8) is 0 Å². The molecule has 3 heteroatoms. The van der Waals surface area contributed by atoms with Crippen LogP contribution in [0.5, 0.6) is 0 Å². The van der Waals surface area contributed by atoms with Crippen LogP contribution in [0.1, 0.15) is 31.9 Å². The Morgan fingerprint density at radius 3 is 1.69 bits per heavy atom. The van der Waals surface area contributed by atoms with Crippen LogP contribution in [0.2, 0.25) is 0 Å². The molecule has 0 radical (unpaired) electrons. The number of carbonyl (C=O) groups is 2. The molecule has 0 atom stereocenters. The minimum absolute atomic E-state index is 0.132. The number of hydrogen-bond donors (Lipinski definition) is 1. The average molecular weight is 221 g/mol. The molecule has 1 rings (SSSR count). The van der Waals surface area contributed by atoms with Gasteiger partial charge in [0.25, 0.3) is 0 Å². The molecule has 0 aromatic heterocycles. The van der Waals surface area contributed by atoms with Gasteiger partial charge in [0.2, 0.25) is 5.91 Å². The lowest BCUT2D eigenvalue weighted by molar-refractivity contribution is -0.117. The fourth-order valence-electron chi connectivity index (χ4n) is 1.26. The molecule has 1 aromatic carbocycles. The number of ketones is 1. The first-order chi connectivity index (χ1) is 7.58. The summed E-state index contributed by atoms with van der Waals surface area (Å²) in [5.74, 6) is -0.211. The third-order valence-electron chi connectivity index (χ3n) is 1.85. The van der Waals surface area contributed by atoms with Crippen LogP contribution in [0.15, 0.2) is 24.3 Å². The predicted molar refractivity (Wildman–Crippen MR) is 65.1 cm³/mol. The normalized spacial score (nSPS) is 8.94. The Morgan fingerprint density at radius 2 is 1.38 bits per heavy atom. The molecule has 0 aliphatic rings. The van der Waals surface area contributed by atoms with Gasteiger partial charge in [-0.2, -0.15) is 0 Å². The molecule has 0 aliphatic heterocycles. The van der Waals surface area contributed by atoms with Gasteiger partial charge in [-0.15, -0.1) is 0 Å². The monoisotopic (exact) mass is 221 g/mol. The summed E-state index contributed by atoms with van der Waals surface area (Å²) in [6.45, 7) is 5.55. The highest BCUT2D eigenvalue weighted by molar-refractivity contribution is 5.78. The van der Waals surface area contributed by atoms with Gasteiger partial charge in [-0.1, -0.05) is 38.1 Å². The van der Waals surface area contributed by atoms with Gasteiger partial charge in [0.15, 0.2) is 0 Å². The van der Waals surface area contributed by atoms with Crippen molar-refractivity contribution in [2.24, 2.45) is 5.73 Å². The van der Waals surface area contributed by atoms with Crippen LogP contribution in [0.3, 0.4) is 0 Å². The minimum Gasteiger partial charge on any atom is -0.369 e. The fraction of sp³-hybridized carbons (Fsp3) is 0.385. The largest absolute Gasteiger partial charge is 0.369 e. The zero-order valence-electron chi connectivity index (χ0n) is 10.1. The van der Waals surface area contributed by atoms with Gasteiger partial charge >= 0.3 is 0 Å². The summed E-state index contributed by atoms with van der Waals surface area (Å²) in [7, 11) is 0. The van der Waals surface area contributed by atoms with Crippen LogP contribution in [0, 0.1) is 0 Å². The van der Waals surface area contributed by atoms with Crippen molar-refractivity contribution in [2.75, 3.05) is 0 Å². The van der Waals surface area contributed by atoms with Gasteiger partial charge in [0.05, 0.1) is 6.42 Å². The second-order valence-electron chi connectivity index (χ2n) is 3.34. The first kappa shape index (κ1) is 14.4. The molecule has 2 N–H and O–H groups in total. The van der Waals surface area contributed by atoms with Crippen molar-refractivity contribution >= 4 is 11.7 Å². The molecule has 3 nitrogen and oxygen atoms in total. The smallest absolute Gasteiger partial charge is 0.221 e. The standard InChI is InChI=1S/C11H13NO2.C2H6/c1-8(13)6-9-2-4-10(5-3-9)7-11(12)14;1-2/h2-5H,6-7H2,1H3,(H2,12,14);1-2H3. The number of primary amides is 1. The number of benzene rings is 1. The molecule has 0 bridgehead atoms. The maximum absolute atomic E-state index is 10.8. The minimum atomic E-state index is -0.343. The number of Topliss-reactive ketones (excluding diaryl/α,β-unsaturated/α-hetero) is 1. The van der Waals surface area contributed by atoms with Crippen LogP contribution < -0.4 is 5.73 Å². The van der Waals surface area contributed by atoms with Gasteiger partial charge in [0, 0.05) is 6.42 Å². The van der Waals surface area contributed by atoms with E-state index in [2.05, 4.69) is 0 Å². The summed E-state index contributed by atoms with van der Waals surface area (Å²) < 4.78 is 0. The number of nitrogens with two attached hydrogens (primary N) is 1. The Bertz CT molecular complexity index is 306. The number of hydrogen-bond acceptors (Lipinski definition) is 2. The highest BCUT2D eigenvalue weighted by Crippen LogP contribution is 2.05. The summed E-state index contributed by atoms with van der Waals surface area (Å²) in [5.41, 5.74) is 6.89. The van der Waals surface area contributed by atoms with Crippen LogP contribution in [0.4, 0.5) is 0 Å². The first-order valence-corrected chi connectivity index (χ1v) is 5.43. The van der Waals surface area contributed by atoms with E-state index in [9.17, 15) is 9.59 Å². The highest BCUT2D eigenvalue weighted by Gasteiger charge is 2.00. The number of rotatable bonds is 4. The zero-order chi connectivity index (χ0) is 12.6. The van der Waals surface area contributed by atoms with Crippen molar-refractivity contribution in [1.29, 1.82) is 0 Å². The van der Waals surface area contributed by atoms with Crippen molar-refractivity contribution in [3.8, 4) is 0 Å². The summed E-state index contributed by atoms with van der Waals surface area (Å²) in [6.07, 6.45) is 0.692. The summed E-state index contributed by atoms with van der Waals surface area (Å²) in [4.78, 5) is 21.4. The molecular formula is C13H19NO2. The third kappa shape index (κ3) is 5.96. The van der Waals surface area contributed by atoms with Crippen molar-refractivity contribution in [3.05, 3.63) is 35.4 Å². The lowest BCUT2D eigenvalue weighted by Crippen LogP contribution is -2.13. The van der Waals surface area contributed by atoms with Crippen LogP contribution in [0.25, 0.3) is 0 Å². The average Bonchev–Trinajstić information content (AvgIpc) is 2.22. The SMILES string of the molecule is CC.CC(=O)Cc1ccc(CC(N)=O)cc1. The van der Waals surface area contributed by atoms with Crippen LogP contribution in [-0.4, -0.2) is 11.7 Å². The predicted octanol–water partition coefficient (Wildman–Crippen LogP) is 1.87. The summed E-state index contributed by atoms with van der Waals surface area (Å²) >= 11 is 0. The van der Waals surface area contributed by atoms with E-state index in [4.69, 9.17) is 5.73 Å². The third-order valence-corrected chi connectivity index (χ3v) is 1.85. The number of carbonyl (C=O) groups excluding carboxylic acids is 2. The lowest BCUT2D eigenvalue weighted by Gasteiger charge is -2.00. The van der Waals surface area contributed by atoms with E-state index in [-0.39, 0.29) is 18.1 Å². The van der Waals surface area contributed by atoms with Crippen molar-refractivity contribution in [1.82, 2.24) is 0 Å². The molecule has 1 aromatic rings. The van der Waals surface area contributed by atoms with Gasteiger partial charge < -0.3 is 5.73 Å². The van der Waals surface area contributed by atoms with E-state index in [1.165, 1.54) is 0 Å². The van der Waals surface area contributed by atoms with Gasteiger partial charge in [-0.3, -0.25) is 9.59 Å². The van der Waals surface area contributed by atoms with Gasteiger partial charge in [-0.25, -0.2) is 0 Å². The first-order valence-electron chi connectivity index (χ1n) is 5.43. The highest BCUT2D eigenvalue weighted by atomic mass is 16.1. The lowest BCUT2D eigenvalue weighted by atomic mass is 10.1. The summed E-state index contributed by atoms with van der Waals surface area (Å²) in [6, 6.07) is 7.34. The quantitative estimate of drug-likeness (QED) is 0.843. The molecule has 0 saturated heterocycles. The van der Waals surface area contributed by atoms with Crippen LogP contribution in [-0.2, 0) is 22.4 Å². The molecule has 0 spiro atoms. The van der Waals surface area contributed by atoms with Crippen molar-refractivity contribution < 1.29 is 9.59 Å². The van der Waals surface area contributed by atoms with Crippen LogP contribution >= 0.6 is 0 Å². The molecular weight excluding hydrogens is 202 g/mol. The summed E-state index contributed by atoms with van der Waals surface area (Å²) in [5, 5.41) is 0. The van der Waals surface area contributed by atoms with E-state index in [0.29, 0.717) is 6.42 Å².